The molecule has 1 heterocycles. The molecule has 0 spiro atoms. The fourth-order valence-corrected chi connectivity index (χ4v) is 2.96. The van der Waals surface area contributed by atoms with Crippen molar-refractivity contribution in [2.45, 2.75) is 77.7 Å². The lowest BCUT2D eigenvalue weighted by atomic mass is 9.83. The van der Waals surface area contributed by atoms with Crippen molar-refractivity contribution >= 4 is 0 Å². The summed E-state index contributed by atoms with van der Waals surface area (Å²) in [7, 11) is 0. The zero-order chi connectivity index (χ0) is 14.4. The Morgan fingerprint density at radius 3 is 2.65 bits per heavy atom. The Hall–Kier alpha value is -0.900. The molecular weight excluding hydrogens is 250 g/mol. The molecule has 1 aliphatic carbocycles. The molecule has 1 aromatic rings. The minimum Gasteiger partial charge on any atom is -0.339 e. The highest BCUT2D eigenvalue weighted by Crippen LogP contribution is 2.34. The molecule has 2 rings (SSSR count). The van der Waals surface area contributed by atoms with Gasteiger partial charge in [-0.2, -0.15) is 4.98 Å². The minimum atomic E-state index is 0.453. The van der Waals surface area contributed by atoms with Crippen LogP contribution in [0.2, 0.25) is 0 Å². The highest BCUT2D eigenvalue weighted by molar-refractivity contribution is 4.98. The standard InChI is InChI=1S/C16H29N3O/c1-4-10-17-14(5-2)11-15-18-16(19-20-15)13-8-6-12(3)7-9-13/h12-14,17H,4-11H2,1-3H3. The van der Waals surface area contributed by atoms with Crippen LogP contribution in [-0.4, -0.2) is 22.7 Å². The highest BCUT2D eigenvalue weighted by Gasteiger charge is 2.24. The third-order valence-electron chi connectivity index (χ3n) is 4.46. The summed E-state index contributed by atoms with van der Waals surface area (Å²) in [6.07, 6.45) is 8.13. The molecule has 0 amide bonds. The van der Waals surface area contributed by atoms with E-state index in [1.807, 2.05) is 0 Å². The van der Waals surface area contributed by atoms with Crippen LogP contribution in [0.5, 0.6) is 0 Å². The van der Waals surface area contributed by atoms with Crippen LogP contribution in [0.3, 0.4) is 0 Å². The molecule has 4 heteroatoms. The quantitative estimate of drug-likeness (QED) is 0.827. The lowest BCUT2D eigenvalue weighted by Gasteiger charge is -2.23. The van der Waals surface area contributed by atoms with Crippen LogP contribution in [0.15, 0.2) is 4.52 Å². The maximum absolute atomic E-state index is 5.46. The summed E-state index contributed by atoms with van der Waals surface area (Å²) < 4.78 is 5.46. The summed E-state index contributed by atoms with van der Waals surface area (Å²) in [6.45, 7) is 7.78. The maximum atomic E-state index is 5.46. The molecule has 0 radical (unpaired) electrons. The lowest BCUT2D eigenvalue weighted by molar-refractivity contribution is 0.320. The molecule has 1 aromatic heterocycles. The third kappa shape index (κ3) is 4.30. The van der Waals surface area contributed by atoms with Crippen LogP contribution >= 0.6 is 0 Å². The van der Waals surface area contributed by atoms with Gasteiger partial charge < -0.3 is 9.84 Å². The van der Waals surface area contributed by atoms with E-state index in [1.165, 1.54) is 25.7 Å². The van der Waals surface area contributed by atoms with Gasteiger partial charge in [0.2, 0.25) is 5.89 Å². The van der Waals surface area contributed by atoms with Crippen LogP contribution in [0.25, 0.3) is 0 Å². The predicted molar refractivity (Wildman–Crippen MR) is 80.7 cm³/mol. The molecule has 0 aliphatic heterocycles. The summed E-state index contributed by atoms with van der Waals surface area (Å²) in [5.74, 6) is 3.12. The normalized spacial score (nSPS) is 24.8. The monoisotopic (exact) mass is 279 g/mol. The number of nitrogens with zero attached hydrogens (tertiary/aromatic N) is 2. The van der Waals surface area contributed by atoms with Gasteiger partial charge in [0, 0.05) is 18.4 Å². The number of rotatable bonds is 7. The molecule has 4 nitrogen and oxygen atoms in total. The first-order chi connectivity index (χ1) is 9.72. The van der Waals surface area contributed by atoms with Gasteiger partial charge in [0.05, 0.1) is 0 Å². The first kappa shape index (κ1) is 15.5. The zero-order valence-electron chi connectivity index (χ0n) is 13.2. The van der Waals surface area contributed by atoms with Crippen LogP contribution in [-0.2, 0) is 6.42 Å². The number of nitrogens with one attached hydrogen (secondary N) is 1. The van der Waals surface area contributed by atoms with E-state index in [1.54, 1.807) is 0 Å². The Morgan fingerprint density at radius 1 is 1.25 bits per heavy atom. The maximum Gasteiger partial charge on any atom is 0.228 e. The topological polar surface area (TPSA) is 51.0 Å². The largest absolute Gasteiger partial charge is 0.339 e. The second kappa shape index (κ2) is 7.77. The van der Waals surface area contributed by atoms with Crippen LogP contribution < -0.4 is 5.32 Å². The average Bonchev–Trinajstić information content (AvgIpc) is 2.92. The summed E-state index contributed by atoms with van der Waals surface area (Å²) in [4.78, 5) is 4.64. The smallest absolute Gasteiger partial charge is 0.228 e. The number of hydrogen-bond donors (Lipinski definition) is 1. The Kier molecular flexibility index (Phi) is 6.02. The summed E-state index contributed by atoms with van der Waals surface area (Å²) >= 11 is 0. The van der Waals surface area contributed by atoms with Crippen LogP contribution in [0.1, 0.15) is 76.9 Å². The molecule has 0 aromatic carbocycles. The minimum absolute atomic E-state index is 0.453. The van der Waals surface area contributed by atoms with Crippen molar-refractivity contribution in [1.82, 2.24) is 15.5 Å². The van der Waals surface area contributed by atoms with E-state index >= 15 is 0 Å². The Labute approximate surface area is 122 Å². The third-order valence-corrected chi connectivity index (χ3v) is 4.46. The molecule has 114 valence electrons. The first-order valence-electron chi connectivity index (χ1n) is 8.28. The van der Waals surface area contributed by atoms with E-state index in [2.05, 4.69) is 36.2 Å². The van der Waals surface area contributed by atoms with Gasteiger partial charge in [-0.15, -0.1) is 0 Å². The number of aromatic nitrogens is 2. The highest BCUT2D eigenvalue weighted by atomic mass is 16.5. The molecule has 1 atom stereocenters. The van der Waals surface area contributed by atoms with Crippen molar-refractivity contribution in [2.75, 3.05) is 6.54 Å². The molecule has 1 aliphatic rings. The van der Waals surface area contributed by atoms with E-state index in [0.29, 0.717) is 12.0 Å². The van der Waals surface area contributed by atoms with E-state index in [4.69, 9.17) is 4.52 Å². The van der Waals surface area contributed by atoms with Gasteiger partial charge in [-0.05, 0) is 38.1 Å². The predicted octanol–water partition coefficient (Wildman–Crippen LogP) is 3.68. The molecule has 20 heavy (non-hydrogen) atoms. The summed E-state index contributed by atoms with van der Waals surface area (Å²) in [5.41, 5.74) is 0. The van der Waals surface area contributed by atoms with Gasteiger partial charge >= 0.3 is 0 Å². The van der Waals surface area contributed by atoms with Gasteiger partial charge in [0.1, 0.15) is 0 Å². The fourth-order valence-electron chi connectivity index (χ4n) is 2.96. The summed E-state index contributed by atoms with van der Waals surface area (Å²) in [6, 6.07) is 0.453. The van der Waals surface area contributed by atoms with E-state index in [0.717, 1.165) is 43.4 Å². The van der Waals surface area contributed by atoms with E-state index in [-0.39, 0.29) is 0 Å². The van der Waals surface area contributed by atoms with Gasteiger partial charge in [0.15, 0.2) is 5.82 Å². The molecule has 1 fully saturated rings. The van der Waals surface area contributed by atoms with E-state index in [9.17, 15) is 0 Å². The van der Waals surface area contributed by atoms with Crippen molar-refractivity contribution < 1.29 is 4.52 Å². The van der Waals surface area contributed by atoms with E-state index < -0.39 is 0 Å². The molecule has 0 saturated heterocycles. The Bertz CT molecular complexity index is 383. The van der Waals surface area contributed by atoms with Crippen molar-refractivity contribution in [1.29, 1.82) is 0 Å². The van der Waals surface area contributed by atoms with Crippen molar-refractivity contribution in [2.24, 2.45) is 5.92 Å². The molecule has 1 unspecified atom stereocenters. The van der Waals surface area contributed by atoms with Crippen molar-refractivity contribution in [3.05, 3.63) is 11.7 Å². The Morgan fingerprint density at radius 2 is 2.00 bits per heavy atom. The SMILES string of the molecule is CCCNC(CC)Cc1nc(C2CCC(C)CC2)no1. The molecular formula is C16H29N3O. The first-order valence-corrected chi connectivity index (χ1v) is 8.28. The fraction of sp³-hybridized carbons (Fsp3) is 0.875. The number of hydrogen-bond acceptors (Lipinski definition) is 4. The van der Waals surface area contributed by atoms with Gasteiger partial charge in [-0.25, -0.2) is 0 Å². The Balaban J connectivity index is 1.88. The van der Waals surface area contributed by atoms with Gasteiger partial charge in [-0.3, -0.25) is 0 Å². The average molecular weight is 279 g/mol. The van der Waals surface area contributed by atoms with Crippen molar-refractivity contribution in [3.8, 4) is 0 Å². The lowest BCUT2D eigenvalue weighted by Crippen LogP contribution is -2.31. The second-order valence-electron chi connectivity index (χ2n) is 6.27. The molecule has 1 saturated carbocycles. The summed E-state index contributed by atoms with van der Waals surface area (Å²) in [5, 5.41) is 7.75. The van der Waals surface area contributed by atoms with Crippen LogP contribution in [0.4, 0.5) is 0 Å². The van der Waals surface area contributed by atoms with Crippen LogP contribution in [0, 0.1) is 5.92 Å². The van der Waals surface area contributed by atoms with Crippen molar-refractivity contribution in [3.63, 3.8) is 0 Å². The van der Waals surface area contributed by atoms with Gasteiger partial charge in [-0.1, -0.05) is 38.8 Å². The zero-order valence-corrected chi connectivity index (χ0v) is 13.2. The second-order valence-corrected chi connectivity index (χ2v) is 6.27. The van der Waals surface area contributed by atoms with Gasteiger partial charge in [0.25, 0.3) is 0 Å². The molecule has 0 bridgehead atoms. The molecule has 1 N–H and O–H groups in total.